The molecule has 0 saturated carbocycles. The smallest absolute Gasteiger partial charge is 0.348 e. The van der Waals surface area contributed by atoms with Gasteiger partial charge < -0.3 is 4.74 Å². The molecule has 1 atom stereocenters. The molecule has 1 aliphatic heterocycles. The van der Waals surface area contributed by atoms with Crippen LogP contribution in [0.4, 0.5) is 5.69 Å². The molecule has 1 saturated heterocycles. The van der Waals surface area contributed by atoms with Crippen molar-refractivity contribution >= 4 is 16.6 Å². The Morgan fingerprint density at radius 3 is 2.85 bits per heavy atom. The van der Waals surface area contributed by atoms with Crippen LogP contribution in [-0.4, -0.2) is 32.2 Å². The highest BCUT2D eigenvalue weighted by Crippen LogP contribution is 2.28. The average molecular weight is 366 g/mol. The van der Waals surface area contributed by atoms with E-state index in [1.54, 1.807) is 35.0 Å². The molecule has 2 aromatic heterocycles. The normalized spacial score (nSPS) is 17.1. The molecule has 3 aromatic rings. The Hall–Kier alpha value is -3.13. The van der Waals surface area contributed by atoms with Crippen molar-refractivity contribution in [2.45, 2.75) is 31.9 Å². The topological polar surface area (TPSA) is 100 Å². The Morgan fingerprint density at radius 2 is 2.15 bits per heavy atom. The minimum Gasteiger partial charge on any atom is -0.376 e. The van der Waals surface area contributed by atoms with Crippen LogP contribution < -0.4 is 5.69 Å². The van der Waals surface area contributed by atoms with E-state index in [0.29, 0.717) is 35.4 Å². The third-order valence-corrected chi connectivity index (χ3v) is 4.74. The predicted octanol–water partition coefficient (Wildman–Crippen LogP) is 2.94. The van der Waals surface area contributed by atoms with Gasteiger partial charge in [-0.15, -0.1) is 0 Å². The average Bonchev–Trinajstić information content (AvgIpc) is 2.71. The zero-order chi connectivity index (χ0) is 18.8. The first-order valence-corrected chi connectivity index (χ1v) is 8.85. The first kappa shape index (κ1) is 17.3. The molecule has 8 nitrogen and oxygen atoms in total. The Balaban J connectivity index is 1.91. The zero-order valence-electron chi connectivity index (χ0n) is 14.6. The van der Waals surface area contributed by atoms with E-state index in [0.717, 1.165) is 19.3 Å². The molecule has 3 heterocycles. The number of aromatic nitrogens is 3. The van der Waals surface area contributed by atoms with Gasteiger partial charge in [-0.05, 0) is 37.5 Å². The van der Waals surface area contributed by atoms with Crippen LogP contribution >= 0.6 is 0 Å². The molecule has 0 N–H and O–H groups in total. The third kappa shape index (κ3) is 3.43. The minimum atomic E-state index is -0.457. The largest absolute Gasteiger partial charge is 0.376 e. The molecular formula is C19H18N4O4. The van der Waals surface area contributed by atoms with Crippen molar-refractivity contribution in [2.75, 3.05) is 6.61 Å². The van der Waals surface area contributed by atoms with Crippen LogP contribution in [0, 0.1) is 10.1 Å². The second-order valence-electron chi connectivity index (χ2n) is 6.52. The number of hydrogen-bond acceptors (Lipinski definition) is 6. The summed E-state index contributed by atoms with van der Waals surface area (Å²) < 4.78 is 7.30. The van der Waals surface area contributed by atoms with E-state index in [1.165, 1.54) is 12.1 Å². The Labute approximate surface area is 154 Å². The lowest BCUT2D eigenvalue weighted by Gasteiger charge is -2.24. The number of nitrogens with zero attached hydrogens (tertiary/aromatic N) is 4. The van der Waals surface area contributed by atoms with E-state index >= 15 is 0 Å². The number of ether oxygens (including phenoxy) is 1. The molecule has 27 heavy (non-hydrogen) atoms. The van der Waals surface area contributed by atoms with Crippen molar-refractivity contribution in [1.29, 1.82) is 0 Å². The highest BCUT2D eigenvalue weighted by molar-refractivity contribution is 5.93. The molecule has 0 aliphatic carbocycles. The van der Waals surface area contributed by atoms with E-state index in [-0.39, 0.29) is 11.8 Å². The summed E-state index contributed by atoms with van der Waals surface area (Å²) in [6.45, 7) is 1.06. The summed E-state index contributed by atoms with van der Waals surface area (Å²) in [6, 6.07) is 9.73. The zero-order valence-corrected chi connectivity index (χ0v) is 14.6. The van der Waals surface area contributed by atoms with Gasteiger partial charge in [0.15, 0.2) is 0 Å². The fraction of sp³-hybridized carbons (Fsp3) is 0.316. The van der Waals surface area contributed by atoms with Crippen LogP contribution in [-0.2, 0) is 11.3 Å². The van der Waals surface area contributed by atoms with Gasteiger partial charge in [-0.1, -0.05) is 6.07 Å². The maximum Gasteiger partial charge on any atom is 0.348 e. The van der Waals surface area contributed by atoms with Gasteiger partial charge in [0.1, 0.15) is 5.69 Å². The second-order valence-corrected chi connectivity index (χ2v) is 6.52. The molecule has 4 rings (SSSR count). The Kier molecular flexibility index (Phi) is 4.64. The van der Waals surface area contributed by atoms with Crippen molar-refractivity contribution in [3.63, 3.8) is 0 Å². The number of non-ortho nitro benzene ring substituents is 1. The summed E-state index contributed by atoms with van der Waals surface area (Å²) in [6.07, 6.45) is 4.50. The number of nitro groups is 1. The monoisotopic (exact) mass is 366 g/mol. The molecule has 1 aromatic carbocycles. The maximum atomic E-state index is 12.8. The summed E-state index contributed by atoms with van der Waals surface area (Å²) in [5, 5.41) is 11.8. The van der Waals surface area contributed by atoms with Gasteiger partial charge in [0.25, 0.3) is 5.69 Å². The van der Waals surface area contributed by atoms with Gasteiger partial charge in [0.05, 0.1) is 28.8 Å². The standard InChI is InChI=1S/C19H18N4O4/c24-19-21-18(16-6-1-3-9-20-16)15-11-13(23(25)26)7-8-17(15)22(19)12-14-5-2-4-10-27-14/h1,3,6-9,11,14H,2,4-5,10,12H2. The number of pyridine rings is 1. The van der Waals surface area contributed by atoms with Crippen molar-refractivity contribution in [2.24, 2.45) is 0 Å². The second kappa shape index (κ2) is 7.24. The number of rotatable bonds is 4. The van der Waals surface area contributed by atoms with Gasteiger partial charge >= 0.3 is 5.69 Å². The van der Waals surface area contributed by atoms with Gasteiger partial charge in [-0.2, -0.15) is 4.98 Å². The van der Waals surface area contributed by atoms with Crippen LogP contribution in [0.15, 0.2) is 47.4 Å². The third-order valence-electron chi connectivity index (χ3n) is 4.74. The lowest BCUT2D eigenvalue weighted by atomic mass is 10.1. The molecule has 0 amide bonds. The molecule has 1 aliphatic rings. The van der Waals surface area contributed by atoms with Crippen LogP contribution in [0.5, 0.6) is 0 Å². The van der Waals surface area contributed by atoms with E-state index in [9.17, 15) is 14.9 Å². The molecule has 1 unspecified atom stereocenters. The first-order valence-electron chi connectivity index (χ1n) is 8.85. The molecule has 138 valence electrons. The number of hydrogen-bond donors (Lipinski definition) is 0. The van der Waals surface area contributed by atoms with Crippen molar-refractivity contribution < 1.29 is 9.66 Å². The molecule has 8 heteroatoms. The predicted molar refractivity (Wildman–Crippen MR) is 99.5 cm³/mol. The molecule has 0 radical (unpaired) electrons. The molecule has 0 bridgehead atoms. The van der Waals surface area contributed by atoms with E-state index in [4.69, 9.17) is 4.74 Å². The maximum absolute atomic E-state index is 12.8. The summed E-state index contributed by atoms with van der Waals surface area (Å²) >= 11 is 0. The summed E-state index contributed by atoms with van der Waals surface area (Å²) in [5.74, 6) is 0. The first-order chi connectivity index (χ1) is 13.1. The molecule has 0 spiro atoms. The van der Waals surface area contributed by atoms with Crippen LogP contribution in [0.25, 0.3) is 22.3 Å². The highest BCUT2D eigenvalue weighted by atomic mass is 16.6. The Bertz CT molecular complexity index is 1040. The van der Waals surface area contributed by atoms with E-state index in [2.05, 4.69) is 9.97 Å². The molecule has 1 fully saturated rings. The molecular weight excluding hydrogens is 348 g/mol. The fourth-order valence-electron chi connectivity index (χ4n) is 3.41. The van der Waals surface area contributed by atoms with Gasteiger partial charge in [0, 0.05) is 30.3 Å². The van der Waals surface area contributed by atoms with E-state index in [1.807, 2.05) is 0 Å². The van der Waals surface area contributed by atoms with Crippen LogP contribution in [0.1, 0.15) is 19.3 Å². The summed E-state index contributed by atoms with van der Waals surface area (Å²) in [4.78, 5) is 32.0. The van der Waals surface area contributed by atoms with Gasteiger partial charge in [-0.3, -0.25) is 19.7 Å². The summed E-state index contributed by atoms with van der Waals surface area (Å²) in [5.41, 5.74) is 0.975. The van der Waals surface area contributed by atoms with Crippen LogP contribution in [0.3, 0.4) is 0 Å². The lowest BCUT2D eigenvalue weighted by molar-refractivity contribution is -0.384. The number of fused-ring (bicyclic) bond motifs is 1. The van der Waals surface area contributed by atoms with Crippen molar-refractivity contribution in [1.82, 2.24) is 14.5 Å². The van der Waals surface area contributed by atoms with Crippen molar-refractivity contribution in [3.05, 3.63) is 63.2 Å². The minimum absolute atomic E-state index is 0.0550. The van der Waals surface area contributed by atoms with Gasteiger partial charge in [0.2, 0.25) is 0 Å². The summed E-state index contributed by atoms with van der Waals surface area (Å²) in [7, 11) is 0. The fourth-order valence-corrected chi connectivity index (χ4v) is 3.41. The quantitative estimate of drug-likeness (QED) is 0.520. The Morgan fingerprint density at radius 1 is 1.26 bits per heavy atom. The van der Waals surface area contributed by atoms with E-state index < -0.39 is 10.6 Å². The SMILES string of the molecule is O=c1nc(-c2ccccn2)c2cc([N+](=O)[O-])ccc2n1CC1CCCCO1. The van der Waals surface area contributed by atoms with Crippen LogP contribution in [0.2, 0.25) is 0 Å². The highest BCUT2D eigenvalue weighted by Gasteiger charge is 2.20. The number of benzene rings is 1. The lowest BCUT2D eigenvalue weighted by Crippen LogP contribution is -2.32. The van der Waals surface area contributed by atoms with Crippen molar-refractivity contribution in [3.8, 4) is 11.4 Å². The number of nitro benzene ring substituents is 1. The van der Waals surface area contributed by atoms with Gasteiger partial charge in [-0.25, -0.2) is 4.79 Å².